The number of carbonyl (C=O) groups is 2. The number of carboxylic acids is 1. The van der Waals surface area contributed by atoms with Gasteiger partial charge in [-0.05, 0) is 32.6 Å². The fourth-order valence-electron chi connectivity index (χ4n) is 1.77. The summed E-state index contributed by atoms with van der Waals surface area (Å²) in [6.07, 6.45) is 2.12. The minimum Gasteiger partial charge on any atom is -0.480 e. The molecular weight excluding hydrogens is 208 g/mol. The van der Waals surface area contributed by atoms with Gasteiger partial charge in [0, 0.05) is 13.1 Å². The van der Waals surface area contributed by atoms with Gasteiger partial charge in [0.25, 0.3) is 0 Å². The summed E-state index contributed by atoms with van der Waals surface area (Å²) in [5.41, 5.74) is -1.21. The number of hydrogen-bond donors (Lipinski definition) is 2. The molecule has 0 saturated carbocycles. The fraction of sp³-hybridized carbons (Fsp3) is 0.818. The molecule has 5 heteroatoms. The van der Waals surface area contributed by atoms with Crippen LogP contribution in [0.25, 0.3) is 0 Å². The maximum Gasteiger partial charge on any atom is 0.328 e. The maximum atomic E-state index is 11.8. The van der Waals surface area contributed by atoms with Crippen LogP contribution >= 0.6 is 0 Å². The summed E-state index contributed by atoms with van der Waals surface area (Å²) >= 11 is 0. The lowest BCUT2D eigenvalue weighted by Gasteiger charge is -2.33. The number of carbonyl (C=O) groups excluding carboxylic acids is 1. The van der Waals surface area contributed by atoms with E-state index in [0.717, 1.165) is 12.8 Å². The highest BCUT2D eigenvalue weighted by Gasteiger charge is 2.31. The molecule has 1 rings (SSSR count). The van der Waals surface area contributed by atoms with Crippen LogP contribution in [0.15, 0.2) is 0 Å². The number of rotatable bonds is 2. The number of hydrogen-bond acceptors (Lipinski definition) is 2. The molecule has 2 amide bonds. The van der Waals surface area contributed by atoms with Crippen LogP contribution in [0.4, 0.5) is 4.79 Å². The minimum atomic E-state index is -1.21. The molecule has 5 nitrogen and oxygen atoms in total. The number of carboxylic acid groups (broad SMARTS) is 1. The zero-order chi connectivity index (χ0) is 12.3. The molecule has 0 aliphatic carbocycles. The van der Waals surface area contributed by atoms with Crippen LogP contribution in [0.5, 0.6) is 0 Å². The molecular formula is C11H20N2O3. The lowest BCUT2D eigenvalue weighted by Crippen LogP contribution is -2.55. The topological polar surface area (TPSA) is 69.6 Å². The van der Waals surface area contributed by atoms with Crippen molar-refractivity contribution >= 4 is 12.0 Å². The lowest BCUT2D eigenvalue weighted by atomic mass is 10.0. The largest absolute Gasteiger partial charge is 0.480 e. The summed E-state index contributed by atoms with van der Waals surface area (Å²) in [5.74, 6) is -0.529. The van der Waals surface area contributed by atoms with E-state index >= 15 is 0 Å². The summed E-state index contributed by atoms with van der Waals surface area (Å²) in [4.78, 5) is 24.4. The molecule has 2 N–H and O–H groups in total. The van der Waals surface area contributed by atoms with Crippen LogP contribution in [0.2, 0.25) is 0 Å². The van der Waals surface area contributed by atoms with Gasteiger partial charge in [0.2, 0.25) is 0 Å². The van der Waals surface area contributed by atoms with E-state index in [4.69, 9.17) is 5.11 Å². The third kappa shape index (κ3) is 3.12. The molecule has 1 atom stereocenters. The first-order valence-corrected chi connectivity index (χ1v) is 5.63. The summed E-state index contributed by atoms with van der Waals surface area (Å²) in [7, 11) is 0. The molecule has 1 fully saturated rings. The molecule has 16 heavy (non-hydrogen) atoms. The highest BCUT2D eigenvalue weighted by molar-refractivity contribution is 5.85. The molecule has 0 spiro atoms. The predicted molar refractivity (Wildman–Crippen MR) is 60.2 cm³/mol. The molecule has 1 unspecified atom stereocenters. The Hall–Kier alpha value is -1.26. The summed E-state index contributed by atoms with van der Waals surface area (Å²) in [6.45, 7) is 6.50. The van der Waals surface area contributed by atoms with E-state index in [2.05, 4.69) is 12.2 Å². The molecule has 1 aliphatic rings. The zero-order valence-corrected chi connectivity index (χ0v) is 10.1. The first kappa shape index (κ1) is 12.8. The average Bonchev–Trinajstić information content (AvgIpc) is 2.16. The van der Waals surface area contributed by atoms with Crippen molar-refractivity contribution in [2.75, 3.05) is 13.1 Å². The highest BCUT2D eigenvalue weighted by Crippen LogP contribution is 2.16. The Kier molecular flexibility index (Phi) is 3.78. The van der Waals surface area contributed by atoms with Crippen molar-refractivity contribution in [3.05, 3.63) is 0 Å². The van der Waals surface area contributed by atoms with Crippen molar-refractivity contribution in [1.82, 2.24) is 10.2 Å². The monoisotopic (exact) mass is 228 g/mol. The summed E-state index contributed by atoms with van der Waals surface area (Å²) < 4.78 is 0. The number of nitrogens with one attached hydrogen (secondary N) is 1. The summed E-state index contributed by atoms with van der Waals surface area (Å²) in [5, 5.41) is 11.4. The first-order valence-electron chi connectivity index (χ1n) is 5.63. The van der Waals surface area contributed by atoms with Crippen molar-refractivity contribution in [3.8, 4) is 0 Å². The van der Waals surface area contributed by atoms with E-state index in [-0.39, 0.29) is 6.03 Å². The molecule has 1 saturated heterocycles. The van der Waals surface area contributed by atoms with Crippen LogP contribution in [0, 0.1) is 5.92 Å². The first-order chi connectivity index (χ1) is 7.33. The van der Waals surface area contributed by atoms with Gasteiger partial charge in [-0.25, -0.2) is 9.59 Å². The third-order valence-corrected chi connectivity index (χ3v) is 2.90. The normalized spacial score (nSPS) is 21.7. The Morgan fingerprint density at radius 3 is 2.56 bits per heavy atom. The summed E-state index contributed by atoms with van der Waals surface area (Å²) in [6, 6.07) is -0.279. The van der Waals surface area contributed by atoms with Gasteiger partial charge >= 0.3 is 12.0 Å². The second-order valence-corrected chi connectivity index (χ2v) is 5.05. The Balaban J connectivity index is 2.55. The third-order valence-electron chi connectivity index (χ3n) is 2.90. The number of likely N-dealkylation sites (tertiary alicyclic amines) is 1. The van der Waals surface area contributed by atoms with Gasteiger partial charge in [0.15, 0.2) is 0 Å². The predicted octanol–water partition coefficient (Wildman–Crippen LogP) is 1.29. The van der Waals surface area contributed by atoms with Crippen LogP contribution in [-0.2, 0) is 4.79 Å². The highest BCUT2D eigenvalue weighted by atomic mass is 16.4. The van der Waals surface area contributed by atoms with Gasteiger partial charge < -0.3 is 15.3 Å². The van der Waals surface area contributed by atoms with Crippen LogP contribution in [0.3, 0.4) is 0 Å². The van der Waals surface area contributed by atoms with Crippen molar-refractivity contribution in [3.63, 3.8) is 0 Å². The molecule has 0 aromatic rings. The molecule has 1 aliphatic heterocycles. The second-order valence-electron chi connectivity index (χ2n) is 5.05. The van der Waals surface area contributed by atoms with Gasteiger partial charge in [-0.3, -0.25) is 0 Å². The average molecular weight is 228 g/mol. The Morgan fingerprint density at radius 2 is 2.06 bits per heavy atom. The van der Waals surface area contributed by atoms with E-state index in [1.165, 1.54) is 13.8 Å². The zero-order valence-electron chi connectivity index (χ0n) is 10.1. The molecule has 0 radical (unpaired) electrons. The number of nitrogens with zero attached hydrogens (tertiary/aromatic N) is 1. The van der Waals surface area contributed by atoms with Crippen molar-refractivity contribution in [2.45, 2.75) is 39.2 Å². The van der Waals surface area contributed by atoms with E-state index in [1.54, 1.807) is 4.90 Å². The van der Waals surface area contributed by atoms with Crippen LogP contribution in [0.1, 0.15) is 33.6 Å². The molecule has 0 bridgehead atoms. The Morgan fingerprint density at radius 1 is 1.44 bits per heavy atom. The quantitative estimate of drug-likeness (QED) is 0.748. The lowest BCUT2D eigenvalue weighted by molar-refractivity contribution is -0.143. The van der Waals surface area contributed by atoms with Gasteiger partial charge in [-0.1, -0.05) is 6.92 Å². The van der Waals surface area contributed by atoms with Crippen LogP contribution in [-0.4, -0.2) is 40.6 Å². The van der Waals surface area contributed by atoms with E-state index in [1.807, 2.05) is 0 Å². The molecule has 92 valence electrons. The van der Waals surface area contributed by atoms with Crippen molar-refractivity contribution in [2.24, 2.45) is 5.92 Å². The SMILES string of the molecule is CC1CCCN(C(=O)NC(C)(C)C(=O)O)C1. The smallest absolute Gasteiger partial charge is 0.328 e. The number of aliphatic carboxylic acids is 1. The van der Waals surface area contributed by atoms with E-state index < -0.39 is 11.5 Å². The standard InChI is InChI=1S/C11H20N2O3/c1-8-5-4-6-13(7-8)10(16)12-11(2,3)9(14)15/h8H,4-7H2,1-3H3,(H,12,16)(H,14,15). The maximum absolute atomic E-state index is 11.8. The molecule has 0 aromatic carbocycles. The van der Waals surface area contributed by atoms with Crippen molar-refractivity contribution in [1.29, 1.82) is 0 Å². The Labute approximate surface area is 95.8 Å². The van der Waals surface area contributed by atoms with Crippen LogP contribution < -0.4 is 5.32 Å². The van der Waals surface area contributed by atoms with Crippen molar-refractivity contribution < 1.29 is 14.7 Å². The van der Waals surface area contributed by atoms with Gasteiger partial charge in [0.1, 0.15) is 5.54 Å². The molecule has 0 aromatic heterocycles. The number of piperidine rings is 1. The molecule has 1 heterocycles. The number of urea groups is 1. The van der Waals surface area contributed by atoms with E-state index in [9.17, 15) is 9.59 Å². The fourth-order valence-corrected chi connectivity index (χ4v) is 1.77. The number of amides is 2. The second kappa shape index (κ2) is 4.72. The van der Waals surface area contributed by atoms with Gasteiger partial charge in [0.05, 0.1) is 0 Å². The Bertz CT molecular complexity index is 289. The van der Waals surface area contributed by atoms with Gasteiger partial charge in [-0.15, -0.1) is 0 Å². The van der Waals surface area contributed by atoms with Gasteiger partial charge in [-0.2, -0.15) is 0 Å². The minimum absolute atomic E-state index is 0.279. The van der Waals surface area contributed by atoms with E-state index in [0.29, 0.717) is 19.0 Å².